The summed E-state index contributed by atoms with van der Waals surface area (Å²) >= 11 is 0. The molecule has 0 aromatic carbocycles. The molecule has 0 aliphatic rings. The number of hydrogen-bond acceptors (Lipinski definition) is 8. The van der Waals surface area contributed by atoms with Gasteiger partial charge in [0.05, 0.1) is 16.7 Å². The molecule has 2 aromatic rings. The highest BCUT2D eigenvalue weighted by Gasteiger charge is 2.22. The van der Waals surface area contributed by atoms with Gasteiger partial charge in [-0.25, -0.2) is 4.98 Å². The summed E-state index contributed by atoms with van der Waals surface area (Å²) in [4.78, 5) is 17.9. The van der Waals surface area contributed by atoms with E-state index >= 15 is 0 Å². The number of hydrogen-bond donors (Lipinski definition) is 2. The van der Waals surface area contributed by atoms with E-state index in [2.05, 4.69) is 20.4 Å². The number of nitrogens with zero attached hydrogens (tertiary/aromatic N) is 4. The van der Waals surface area contributed by atoms with E-state index in [0.29, 0.717) is 11.5 Å². The predicted molar refractivity (Wildman–Crippen MR) is 71.1 cm³/mol. The Morgan fingerprint density at radius 1 is 1.50 bits per heavy atom. The van der Waals surface area contributed by atoms with Gasteiger partial charge in [-0.15, -0.1) is 0 Å². The van der Waals surface area contributed by atoms with Crippen molar-refractivity contribution in [3.05, 3.63) is 33.3 Å². The lowest BCUT2D eigenvalue weighted by Gasteiger charge is -2.14. The zero-order chi connectivity index (χ0) is 14.9. The van der Waals surface area contributed by atoms with E-state index in [1.165, 1.54) is 0 Å². The molecule has 2 rings (SSSR count). The quantitative estimate of drug-likeness (QED) is 0.638. The predicted octanol–water partition coefficient (Wildman–Crippen LogP) is 1.74. The Morgan fingerprint density at radius 2 is 2.20 bits per heavy atom. The maximum Gasteiger partial charge on any atom is 0.329 e. The van der Waals surface area contributed by atoms with Crippen molar-refractivity contribution in [2.75, 3.05) is 11.1 Å². The van der Waals surface area contributed by atoms with Crippen molar-refractivity contribution in [2.24, 2.45) is 0 Å². The maximum absolute atomic E-state index is 10.9. The molecule has 9 heteroatoms. The fourth-order valence-corrected chi connectivity index (χ4v) is 2.01. The van der Waals surface area contributed by atoms with Crippen LogP contribution in [0.25, 0.3) is 0 Å². The molecule has 20 heavy (non-hydrogen) atoms. The minimum atomic E-state index is -0.568. The summed E-state index contributed by atoms with van der Waals surface area (Å²) in [5.41, 5.74) is 6.77. The van der Waals surface area contributed by atoms with Crippen LogP contribution in [0.3, 0.4) is 0 Å². The average molecular weight is 278 g/mol. The molecule has 0 aliphatic heterocycles. The van der Waals surface area contributed by atoms with Gasteiger partial charge in [-0.1, -0.05) is 5.16 Å². The lowest BCUT2D eigenvalue weighted by molar-refractivity contribution is -0.384. The van der Waals surface area contributed by atoms with Crippen LogP contribution in [0, 0.1) is 24.0 Å². The lowest BCUT2D eigenvalue weighted by Crippen LogP contribution is -2.12. The summed E-state index contributed by atoms with van der Waals surface area (Å²) in [6.45, 7) is 5.40. The first-order chi connectivity index (χ1) is 9.40. The lowest BCUT2D eigenvalue weighted by atomic mass is 10.1. The first kappa shape index (κ1) is 13.7. The van der Waals surface area contributed by atoms with Crippen LogP contribution in [0.2, 0.25) is 0 Å². The number of nitrogens with one attached hydrogen (secondary N) is 1. The van der Waals surface area contributed by atoms with Gasteiger partial charge in [-0.05, 0) is 20.8 Å². The standard InChI is InChI=1S/C11H14N6O3/c1-5(9-6(2)16-20-7(9)3)14-10-8(17(18)19)4-13-11(12)15-10/h4-5H,1-3H3,(H3,12,13,14,15). The molecule has 0 amide bonds. The van der Waals surface area contributed by atoms with Gasteiger partial charge in [-0.3, -0.25) is 10.1 Å². The highest BCUT2D eigenvalue weighted by Crippen LogP contribution is 2.28. The molecule has 0 radical (unpaired) electrons. The Bertz CT molecular complexity index is 634. The summed E-state index contributed by atoms with van der Waals surface area (Å²) in [5, 5.41) is 17.7. The second-order valence-electron chi connectivity index (χ2n) is 4.32. The van der Waals surface area contributed by atoms with Crippen LogP contribution in [-0.4, -0.2) is 20.0 Å². The smallest absolute Gasteiger partial charge is 0.329 e. The van der Waals surface area contributed by atoms with E-state index in [-0.39, 0.29) is 23.5 Å². The third-order valence-corrected chi connectivity index (χ3v) is 2.86. The van der Waals surface area contributed by atoms with E-state index < -0.39 is 4.92 Å². The molecule has 2 aromatic heterocycles. The van der Waals surface area contributed by atoms with E-state index in [0.717, 1.165) is 11.8 Å². The van der Waals surface area contributed by atoms with Crippen molar-refractivity contribution in [3.63, 3.8) is 0 Å². The minimum Gasteiger partial charge on any atom is -0.368 e. The SMILES string of the molecule is Cc1noc(C)c1C(C)Nc1nc(N)ncc1[N+](=O)[O-]. The number of nitrogens with two attached hydrogens (primary N) is 1. The van der Waals surface area contributed by atoms with Crippen molar-refractivity contribution in [1.29, 1.82) is 0 Å². The molecule has 0 fully saturated rings. The number of nitrogen functional groups attached to an aromatic ring is 1. The van der Waals surface area contributed by atoms with Crippen molar-refractivity contribution < 1.29 is 9.45 Å². The second kappa shape index (κ2) is 5.11. The monoisotopic (exact) mass is 278 g/mol. The Kier molecular flexibility index (Phi) is 3.51. The van der Waals surface area contributed by atoms with Gasteiger partial charge in [0.1, 0.15) is 12.0 Å². The largest absolute Gasteiger partial charge is 0.368 e. The topological polar surface area (TPSA) is 133 Å². The Balaban J connectivity index is 2.35. The molecule has 0 aliphatic carbocycles. The summed E-state index contributed by atoms with van der Waals surface area (Å²) in [5.74, 6) is 0.672. The highest BCUT2D eigenvalue weighted by atomic mass is 16.6. The summed E-state index contributed by atoms with van der Waals surface area (Å²) < 4.78 is 5.07. The number of rotatable bonds is 4. The van der Waals surface area contributed by atoms with Crippen LogP contribution in [-0.2, 0) is 0 Å². The molecule has 0 spiro atoms. The fraction of sp³-hybridized carbons (Fsp3) is 0.364. The third-order valence-electron chi connectivity index (χ3n) is 2.86. The van der Waals surface area contributed by atoms with Crippen molar-refractivity contribution in [2.45, 2.75) is 26.8 Å². The zero-order valence-electron chi connectivity index (χ0n) is 11.2. The second-order valence-corrected chi connectivity index (χ2v) is 4.32. The number of aryl methyl sites for hydroxylation is 2. The Hall–Kier alpha value is -2.71. The van der Waals surface area contributed by atoms with Crippen molar-refractivity contribution in [3.8, 4) is 0 Å². The highest BCUT2D eigenvalue weighted by molar-refractivity contribution is 5.57. The number of nitro groups is 1. The number of aromatic nitrogens is 3. The molecular weight excluding hydrogens is 264 g/mol. The molecule has 2 heterocycles. The maximum atomic E-state index is 10.9. The molecule has 9 nitrogen and oxygen atoms in total. The van der Waals surface area contributed by atoms with Crippen LogP contribution in [0.15, 0.2) is 10.7 Å². The number of anilines is 2. The molecule has 106 valence electrons. The van der Waals surface area contributed by atoms with E-state index in [1.807, 2.05) is 6.92 Å². The average Bonchev–Trinajstić information content (AvgIpc) is 2.68. The summed E-state index contributed by atoms with van der Waals surface area (Å²) in [6.07, 6.45) is 1.07. The zero-order valence-corrected chi connectivity index (χ0v) is 11.2. The molecule has 1 atom stereocenters. The van der Waals surface area contributed by atoms with Gasteiger partial charge >= 0.3 is 5.69 Å². The Labute approximate surface area is 114 Å². The van der Waals surface area contributed by atoms with E-state index in [9.17, 15) is 10.1 Å². The van der Waals surface area contributed by atoms with Gasteiger partial charge < -0.3 is 15.6 Å². The first-order valence-electron chi connectivity index (χ1n) is 5.86. The first-order valence-corrected chi connectivity index (χ1v) is 5.86. The van der Waals surface area contributed by atoms with Gasteiger partial charge in [0, 0.05) is 5.56 Å². The van der Waals surface area contributed by atoms with Crippen molar-refractivity contribution >= 4 is 17.5 Å². The van der Waals surface area contributed by atoms with Gasteiger partial charge in [0.25, 0.3) is 0 Å². The van der Waals surface area contributed by atoms with E-state index in [1.54, 1.807) is 13.8 Å². The van der Waals surface area contributed by atoms with Gasteiger partial charge in [0.15, 0.2) is 0 Å². The minimum absolute atomic E-state index is 0.0379. The molecular formula is C11H14N6O3. The van der Waals surface area contributed by atoms with Crippen LogP contribution in [0.4, 0.5) is 17.5 Å². The molecule has 0 saturated heterocycles. The third kappa shape index (κ3) is 2.51. The Morgan fingerprint density at radius 3 is 2.75 bits per heavy atom. The summed E-state index contributed by atoms with van der Waals surface area (Å²) in [7, 11) is 0. The van der Waals surface area contributed by atoms with Crippen LogP contribution in [0.5, 0.6) is 0 Å². The molecule has 3 N–H and O–H groups in total. The van der Waals surface area contributed by atoms with E-state index in [4.69, 9.17) is 10.3 Å². The fourth-order valence-electron chi connectivity index (χ4n) is 2.01. The summed E-state index contributed by atoms with van der Waals surface area (Å²) in [6, 6.07) is -0.269. The van der Waals surface area contributed by atoms with Gasteiger partial charge in [-0.2, -0.15) is 4.98 Å². The van der Waals surface area contributed by atoms with Crippen molar-refractivity contribution in [1.82, 2.24) is 15.1 Å². The van der Waals surface area contributed by atoms with Crippen LogP contribution < -0.4 is 11.1 Å². The van der Waals surface area contributed by atoms with Crippen LogP contribution >= 0.6 is 0 Å². The van der Waals surface area contributed by atoms with Gasteiger partial charge in [0.2, 0.25) is 11.8 Å². The normalized spacial score (nSPS) is 12.2. The molecule has 0 bridgehead atoms. The van der Waals surface area contributed by atoms with Crippen LogP contribution in [0.1, 0.15) is 30.0 Å². The molecule has 1 unspecified atom stereocenters. The molecule has 0 saturated carbocycles.